The highest BCUT2D eigenvalue weighted by Crippen LogP contribution is 2.39. The number of rotatable bonds is 4. The van der Waals surface area contributed by atoms with Crippen molar-refractivity contribution in [2.75, 3.05) is 13.3 Å². The molecule has 1 aromatic rings. The molecule has 0 aromatic heterocycles. The number of nitrogens with one attached hydrogen (secondary N) is 1. The van der Waals surface area contributed by atoms with Crippen LogP contribution in [0, 0.1) is 5.41 Å². The molecule has 1 aromatic carbocycles. The van der Waals surface area contributed by atoms with Crippen molar-refractivity contribution in [3.8, 4) is 17.2 Å². The molecule has 2 aliphatic rings. The Morgan fingerprint density at radius 1 is 1.29 bits per heavy atom. The lowest BCUT2D eigenvalue weighted by Gasteiger charge is -2.41. The summed E-state index contributed by atoms with van der Waals surface area (Å²) < 4.78 is 17.1. The molecule has 0 bridgehead atoms. The predicted molar refractivity (Wildman–Crippen MR) is 82.1 cm³/mol. The van der Waals surface area contributed by atoms with Gasteiger partial charge in [-0.2, -0.15) is 0 Å². The molecule has 0 spiro atoms. The fraction of sp³-hybridized carbons (Fsp3) is 0.647. The largest absolute Gasteiger partial charge is 0.489 e. The quantitative estimate of drug-likeness (QED) is 0.923. The van der Waals surface area contributed by atoms with Crippen molar-refractivity contribution >= 4 is 0 Å². The van der Waals surface area contributed by atoms with Gasteiger partial charge in [0, 0.05) is 12.1 Å². The number of benzene rings is 1. The monoisotopic (exact) mass is 291 g/mol. The Morgan fingerprint density at radius 2 is 2.10 bits per heavy atom. The van der Waals surface area contributed by atoms with Crippen molar-refractivity contribution in [3.63, 3.8) is 0 Å². The SMILES string of the molecule is CCNC1CCC(C)(C)CC1Oc1ccc2c(c1)OCO2. The van der Waals surface area contributed by atoms with Crippen molar-refractivity contribution in [3.05, 3.63) is 18.2 Å². The van der Waals surface area contributed by atoms with Crippen LogP contribution >= 0.6 is 0 Å². The van der Waals surface area contributed by atoms with Gasteiger partial charge in [-0.3, -0.25) is 0 Å². The molecule has 0 amide bonds. The van der Waals surface area contributed by atoms with Crippen molar-refractivity contribution in [2.45, 2.75) is 52.2 Å². The van der Waals surface area contributed by atoms with Crippen LogP contribution in [-0.4, -0.2) is 25.5 Å². The lowest BCUT2D eigenvalue weighted by molar-refractivity contribution is 0.0535. The molecule has 0 saturated heterocycles. The molecule has 1 fully saturated rings. The number of hydrogen-bond acceptors (Lipinski definition) is 4. The molecular formula is C17H25NO3. The molecule has 1 aliphatic carbocycles. The third kappa shape index (κ3) is 3.26. The molecular weight excluding hydrogens is 266 g/mol. The van der Waals surface area contributed by atoms with Gasteiger partial charge in [0.05, 0.1) is 0 Å². The lowest BCUT2D eigenvalue weighted by atomic mass is 9.74. The second-order valence-corrected chi connectivity index (χ2v) is 6.74. The first kappa shape index (κ1) is 14.5. The molecule has 1 saturated carbocycles. The van der Waals surface area contributed by atoms with Gasteiger partial charge in [-0.15, -0.1) is 0 Å². The molecule has 1 heterocycles. The Bertz CT molecular complexity index is 501. The van der Waals surface area contributed by atoms with Gasteiger partial charge in [-0.1, -0.05) is 20.8 Å². The van der Waals surface area contributed by atoms with Gasteiger partial charge < -0.3 is 19.5 Å². The summed E-state index contributed by atoms with van der Waals surface area (Å²) in [6, 6.07) is 6.26. The van der Waals surface area contributed by atoms with Gasteiger partial charge in [0.1, 0.15) is 11.9 Å². The molecule has 1 aliphatic heterocycles. The maximum atomic E-state index is 6.28. The van der Waals surface area contributed by atoms with Crippen LogP contribution in [0.1, 0.15) is 40.0 Å². The standard InChI is InChI=1S/C17H25NO3/c1-4-18-13-7-8-17(2,3)10-16(13)21-12-5-6-14-15(9-12)20-11-19-14/h5-6,9,13,16,18H,4,7-8,10-11H2,1-3H3. The van der Waals surface area contributed by atoms with Gasteiger partial charge in [0.15, 0.2) is 11.5 Å². The number of likely N-dealkylation sites (N-methyl/N-ethyl adjacent to an activating group) is 1. The zero-order chi connectivity index (χ0) is 14.9. The predicted octanol–water partition coefficient (Wildman–Crippen LogP) is 3.35. The second-order valence-electron chi connectivity index (χ2n) is 6.74. The van der Waals surface area contributed by atoms with E-state index in [9.17, 15) is 0 Å². The van der Waals surface area contributed by atoms with Gasteiger partial charge >= 0.3 is 0 Å². The molecule has 2 unspecified atom stereocenters. The lowest BCUT2D eigenvalue weighted by Crippen LogP contribution is -2.49. The Labute approximate surface area is 126 Å². The number of fused-ring (bicyclic) bond motifs is 1. The molecule has 116 valence electrons. The smallest absolute Gasteiger partial charge is 0.231 e. The molecule has 1 N–H and O–H groups in total. The van der Waals surface area contributed by atoms with E-state index >= 15 is 0 Å². The Kier molecular flexibility index (Phi) is 3.98. The van der Waals surface area contributed by atoms with Crippen molar-refractivity contribution < 1.29 is 14.2 Å². The van der Waals surface area contributed by atoms with Crippen molar-refractivity contribution in [1.82, 2.24) is 5.32 Å². The summed E-state index contributed by atoms with van der Waals surface area (Å²) >= 11 is 0. The zero-order valence-electron chi connectivity index (χ0n) is 13.1. The zero-order valence-corrected chi connectivity index (χ0v) is 13.1. The molecule has 21 heavy (non-hydrogen) atoms. The van der Waals surface area contributed by atoms with Crippen LogP contribution in [0.15, 0.2) is 18.2 Å². The van der Waals surface area contributed by atoms with Crippen LogP contribution in [0.25, 0.3) is 0 Å². The summed E-state index contributed by atoms with van der Waals surface area (Å²) in [5, 5.41) is 3.56. The second kappa shape index (κ2) is 5.76. The van der Waals surface area contributed by atoms with Crippen molar-refractivity contribution in [2.24, 2.45) is 5.41 Å². The van der Waals surface area contributed by atoms with E-state index < -0.39 is 0 Å². The molecule has 0 radical (unpaired) electrons. The van der Waals surface area contributed by atoms with E-state index in [1.807, 2.05) is 18.2 Å². The minimum atomic E-state index is 0.203. The number of hydrogen-bond donors (Lipinski definition) is 1. The van der Waals surface area contributed by atoms with Crippen LogP contribution in [0.5, 0.6) is 17.2 Å². The summed E-state index contributed by atoms with van der Waals surface area (Å²) in [5.41, 5.74) is 0.340. The normalized spacial score (nSPS) is 26.6. The fourth-order valence-electron chi connectivity index (χ4n) is 3.27. The molecule has 2 atom stereocenters. The van der Waals surface area contributed by atoms with Crippen LogP contribution < -0.4 is 19.5 Å². The topological polar surface area (TPSA) is 39.7 Å². The summed E-state index contributed by atoms with van der Waals surface area (Å²) in [5.74, 6) is 2.45. The van der Waals surface area contributed by atoms with Crippen LogP contribution in [0.3, 0.4) is 0 Å². The van der Waals surface area contributed by atoms with Gasteiger partial charge in [0.2, 0.25) is 6.79 Å². The summed E-state index contributed by atoms with van der Waals surface area (Å²) in [4.78, 5) is 0. The van der Waals surface area contributed by atoms with Crippen LogP contribution in [0.2, 0.25) is 0 Å². The Balaban J connectivity index is 1.73. The van der Waals surface area contributed by atoms with E-state index in [0.29, 0.717) is 18.2 Å². The van der Waals surface area contributed by atoms with E-state index in [1.54, 1.807) is 0 Å². The first-order chi connectivity index (χ1) is 10.1. The van der Waals surface area contributed by atoms with Gasteiger partial charge in [0.25, 0.3) is 0 Å². The van der Waals surface area contributed by atoms with E-state index in [-0.39, 0.29) is 6.10 Å². The summed E-state index contributed by atoms with van der Waals surface area (Å²) in [6.45, 7) is 8.08. The maximum absolute atomic E-state index is 6.28. The highest BCUT2D eigenvalue weighted by molar-refractivity contribution is 5.47. The van der Waals surface area contributed by atoms with Crippen LogP contribution in [-0.2, 0) is 0 Å². The minimum absolute atomic E-state index is 0.203. The molecule has 4 heteroatoms. The third-order valence-corrected chi connectivity index (χ3v) is 4.43. The van der Waals surface area contributed by atoms with E-state index in [0.717, 1.165) is 36.6 Å². The van der Waals surface area contributed by atoms with E-state index in [4.69, 9.17) is 14.2 Å². The highest BCUT2D eigenvalue weighted by Gasteiger charge is 2.36. The summed E-state index contributed by atoms with van der Waals surface area (Å²) in [7, 11) is 0. The average Bonchev–Trinajstić information content (AvgIpc) is 2.89. The van der Waals surface area contributed by atoms with Gasteiger partial charge in [-0.05, 0) is 43.4 Å². The molecule has 4 nitrogen and oxygen atoms in total. The first-order valence-electron chi connectivity index (χ1n) is 7.87. The van der Waals surface area contributed by atoms with Crippen LogP contribution in [0.4, 0.5) is 0 Å². The summed E-state index contributed by atoms with van der Waals surface area (Å²) in [6.07, 6.45) is 3.68. The minimum Gasteiger partial charge on any atom is -0.489 e. The Morgan fingerprint density at radius 3 is 2.90 bits per heavy atom. The van der Waals surface area contributed by atoms with Crippen molar-refractivity contribution in [1.29, 1.82) is 0 Å². The maximum Gasteiger partial charge on any atom is 0.231 e. The van der Waals surface area contributed by atoms with E-state index in [2.05, 4.69) is 26.1 Å². The highest BCUT2D eigenvalue weighted by atomic mass is 16.7. The van der Waals surface area contributed by atoms with E-state index in [1.165, 1.54) is 6.42 Å². The Hall–Kier alpha value is -1.42. The average molecular weight is 291 g/mol. The fourth-order valence-corrected chi connectivity index (χ4v) is 3.27. The van der Waals surface area contributed by atoms with Gasteiger partial charge in [-0.25, -0.2) is 0 Å². The third-order valence-electron chi connectivity index (χ3n) is 4.43. The number of ether oxygens (including phenoxy) is 3. The molecule has 3 rings (SSSR count). The first-order valence-corrected chi connectivity index (χ1v) is 7.87.